The van der Waals surface area contributed by atoms with E-state index >= 15 is 0 Å². The highest BCUT2D eigenvalue weighted by Crippen LogP contribution is 2.11. The topological polar surface area (TPSA) is 92.8 Å². The number of carbonyl (C=O) groups is 1. The van der Waals surface area contributed by atoms with Crippen molar-refractivity contribution < 1.29 is 19.7 Å². The summed E-state index contributed by atoms with van der Waals surface area (Å²) in [5.74, 6) is 0.00411. The van der Waals surface area contributed by atoms with Crippen LogP contribution in [0.15, 0.2) is 24.3 Å². The van der Waals surface area contributed by atoms with Crippen LogP contribution >= 0.6 is 0 Å². The predicted molar refractivity (Wildman–Crippen MR) is 53.5 cm³/mol. The molecule has 0 unspecified atom stereocenters. The van der Waals surface area contributed by atoms with E-state index in [1.807, 2.05) is 0 Å². The van der Waals surface area contributed by atoms with E-state index in [1.54, 1.807) is 12.1 Å². The Kier molecular flexibility index (Phi) is 4.08. The van der Waals surface area contributed by atoms with Crippen molar-refractivity contribution in [3.63, 3.8) is 0 Å². The smallest absolute Gasteiger partial charge is 0.248 e. The van der Waals surface area contributed by atoms with Crippen molar-refractivity contribution in [1.82, 2.24) is 0 Å². The third-order valence-corrected chi connectivity index (χ3v) is 1.79. The van der Waals surface area contributed by atoms with E-state index in [9.17, 15) is 4.79 Å². The highest BCUT2D eigenvalue weighted by molar-refractivity contribution is 5.92. The van der Waals surface area contributed by atoms with Crippen molar-refractivity contribution in [3.8, 4) is 5.75 Å². The van der Waals surface area contributed by atoms with Crippen molar-refractivity contribution in [2.75, 3.05) is 13.2 Å². The van der Waals surface area contributed by atoms with E-state index in [4.69, 9.17) is 20.7 Å². The van der Waals surface area contributed by atoms with Crippen molar-refractivity contribution in [1.29, 1.82) is 0 Å². The maximum absolute atomic E-state index is 10.7. The number of amides is 1. The van der Waals surface area contributed by atoms with Crippen molar-refractivity contribution >= 4 is 5.91 Å². The second-order valence-electron chi connectivity index (χ2n) is 3.04. The quantitative estimate of drug-likeness (QED) is 0.613. The van der Waals surface area contributed by atoms with Gasteiger partial charge in [0.2, 0.25) is 5.91 Å². The number of hydrogen-bond donors (Lipinski definition) is 3. The molecule has 0 aromatic heterocycles. The first kappa shape index (κ1) is 11.5. The lowest BCUT2D eigenvalue weighted by Crippen LogP contribution is -2.21. The van der Waals surface area contributed by atoms with Gasteiger partial charge in [0.05, 0.1) is 6.61 Å². The predicted octanol–water partition coefficient (Wildman–Crippen LogP) is -0.483. The second kappa shape index (κ2) is 5.33. The molecule has 0 aliphatic carbocycles. The SMILES string of the molecule is NC(=O)c1ccc(OC[C@@H](O)CO)cc1. The fourth-order valence-electron chi connectivity index (χ4n) is 0.961. The highest BCUT2D eigenvalue weighted by atomic mass is 16.5. The largest absolute Gasteiger partial charge is 0.491 e. The molecule has 1 aromatic rings. The van der Waals surface area contributed by atoms with Crippen LogP contribution in [-0.4, -0.2) is 35.4 Å². The first-order chi connectivity index (χ1) is 7.13. The molecule has 0 aliphatic heterocycles. The summed E-state index contributed by atoms with van der Waals surface area (Å²) in [6.45, 7) is -0.341. The molecule has 1 atom stereocenters. The zero-order chi connectivity index (χ0) is 11.3. The van der Waals surface area contributed by atoms with E-state index in [2.05, 4.69) is 0 Å². The van der Waals surface area contributed by atoms with Crippen molar-refractivity contribution in [2.24, 2.45) is 5.73 Å². The molecule has 5 heteroatoms. The van der Waals surface area contributed by atoms with Crippen LogP contribution in [0.1, 0.15) is 10.4 Å². The molecule has 0 heterocycles. The lowest BCUT2D eigenvalue weighted by molar-refractivity contribution is 0.0536. The minimum Gasteiger partial charge on any atom is -0.491 e. The number of benzene rings is 1. The second-order valence-corrected chi connectivity index (χ2v) is 3.04. The van der Waals surface area contributed by atoms with Crippen LogP contribution < -0.4 is 10.5 Å². The summed E-state index contributed by atoms with van der Waals surface area (Å²) in [6.07, 6.45) is -0.902. The Bertz CT molecular complexity index is 323. The molecule has 0 spiro atoms. The summed E-state index contributed by atoms with van der Waals surface area (Å²) in [6, 6.07) is 6.21. The molecule has 15 heavy (non-hydrogen) atoms. The Hall–Kier alpha value is -1.59. The number of carbonyl (C=O) groups excluding carboxylic acids is 1. The van der Waals surface area contributed by atoms with Crippen LogP contribution in [0.25, 0.3) is 0 Å². The Labute approximate surface area is 87.1 Å². The van der Waals surface area contributed by atoms with Gasteiger partial charge in [0.1, 0.15) is 18.5 Å². The van der Waals surface area contributed by atoms with Crippen LogP contribution in [0.4, 0.5) is 0 Å². The fourth-order valence-corrected chi connectivity index (χ4v) is 0.961. The summed E-state index contributed by atoms with van der Waals surface area (Å²) in [5, 5.41) is 17.6. The van der Waals surface area contributed by atoms with Crippen LogP contribution in [-0.2, 0) is 0 Å². The average molecular weight is 211 g/mol. The summed E-state index contributed by atoms with van der Waals surface area (Å²) in [4.78, 5) is 10.7. The third-order valence-electron chi connectivity index (χ3n) is 1.79. The zero-order valence-electron chi connectivity index (χ0n) is 8.09. The van der Waals surface area contributed by atoms with E-state index in [1.165, 1.54) is 12.1 Å². The first-order valence-corrected chi connectivity index (χ1v) is 4.45. The molecule has 0 fully saturated rings. The van der Waals surface area contributed by atoms with Gasteiger partial charge in [-0.1, -0.05) is 0 Å². The molecule has 5 nitrogen and oxygen atoms in total. The van der Waals surface area contributed by atoms with Gasteiger partial charge in [0.25, 0.3) is 0 Å². The van der Waals surface area contributed by atoms with Gasteiger partial charge in [-0.25, -0.2) is 0 Å². The molecular weight excluding hydrogens is 198 g/mol. The molecule has 0 saturated heterocycles. The Morgan fingerprint density at radius 2 is 2.00 bits per heavy atom. The maximum Gasteiger partial charge on any atom is 0.248 e. The van der Waals surface area contributed by atoms with Crippen molar-refractivity contribution in [2.45, 2.75) is 6.10 Å². The fraction of sp³-hybridized carbons (Fsp3) is 0.300. The normalized spacial score (nSPS) is 12.1. The molecule has 1 aromatic carbocycles. The van der Waals surface area contributed by atoms with Crippen LogP contribution in [0, 0.1) is 0 Å². The number of nitrogens with two attached hydrogens (primary N) is 1. The summed E-state index contributed by atoms with van der Waals surface area (Å²) in [5.41, 5.74) is 5.45. The third kappa shape index (κ3) is 3.57. The Balaban J connectivity index is 2.53. The maximum atomic E-state index is 10.7. The van der Waals surface area contributed by atoms with Crippen molar-refractivity contribution in [3.05, 3.63) is 29.8 Å². The molecule has 82 valence electrons. The minimum absolute atomic E-state index is 0.00637. The Morgan fingerprint density at radius 1 is 1.40 bits per heavy atom. The lowest BCUT2D eigenvalue weighted by atomic mass is 10.2. The molecular formula is C10H13NO4. The van der Waals surface area contributed by atoms with Gasteiger partial charge in [0.15, 0.2) is 0 Å². The number of primary amides is 1. The number of aliphatic hydroxyl groups excluding tert-OH is 2. The van der Waals surface area contributed by atoms with E-state index in [0.717, 1.165) is 0 Å². The number of ether oxygens (including phenoxy) is 1. The molecule has 0 radical (unpaired) electrons. The van der Waals surface area contributed by atoms with E-state index in [0.29, 0.717) is 11.3 Å². The van der Waals surface area contributed by atoms with Gasteiger partial charge >= 0.3 is 0 Å². The standard InChI is InChI=1S/C10H13NO4/c11-10(14)7-1-3-9(4-2-7)15-6-8(13)5-12/h1-4,8,12-13H,5-6H2,(H2,11,14)/t8-/m0/s1. The number of hydrogen-bond acceptors (Lipinski definition) is 4. The van der Waals surface area contributed by atoms with Gasteiger partial charge in [-0.05, 0) is 24.3 Å². The van der Waals surface area contributed by atoms with Gasteiger partial charge in [-0.3, -0.25) is 4.79 Å². The first-order valence-electron chi connectivity index (χ1n) is 4.45. The average Bonchev–Trinajstić information content (AvgIpc) is 2.26. The van der Waals surface area contributed by atoms with E-state index in [-0.39, 0.29) is 13.2 Å². The van der Waals surface area contributed by atoms with Crippen LogP contribution in [0.2, 0.25) is 0 Å². The molecule has 0 bridgehead atoms. The molecule has 0 saturated carbocycles. The van der Waals surface area contributed by atoms with Gasteiger partial charge < -0.3 is 20.7 Å². The lowest BCUT2D eigenvalue weighted by Gasteiger charge is -2.09. The van der Waals surface area contributed by atoms with Gasteiger partial charge in [0, 0.05) is 5.56 Å². The van der Waals surface area contributed by atoms with Gasteiger partial charge in [-0.2, -0.15) is 0 Å². The highest BCUT2D eigenvalue weighted by Gasteiger charge is 2.04. The molecule has 1 rings (SSSR count). The minimum atomic E-state index is -0.902. The summed E-state index contributed by atoms with van der Waals surface area (Å²) < 4.78 is 5.13. The summed E-state index contributed by atoms with van der Waals surface area (Å²) >= 11 is 0. The zero-order valence-corrected chi connectivity index (χ0v) is 8.09. The number of rotatable bonds is 5. The number of aliphatic hydroxyl groups is 2. The molecule has 4 N–H and O–H groups in total. The summed E-state index contributed by atoms with van der Waals surface area (Å²) in [7, 11) is 0. The van der Waals surface area contributed by atoms with Gasteiger partial charge in [-0.15, -0.1) is 0 Å². The van der Waals surface area contributed by atoms with E-state index < -0.39 is 12.0 Å². The molecule has 1 amide bonds. The van der Waals surface area contributed by atoms with Crippen LogP contribution in [0.3, 0.4) is 0 Å². The Morgan fingerprint density at radius 3 is 2.47 bits per heavy atom. The molecule has 0 aliphatic rings. The monoisotopic (exact) mass is 211 g/mol. The van der Waals surface area contributed by atoms with Crippen LogP contribution in [0.5, 0.6) is 5.75 Å².